The van der Waals surface area contributed by atoms with Crippen LogP contribution in [0.4, 0.5) is 5.69 Å². The van der Waals surface area contributed by atoms with Crippen LogP contribution in [0.1, 0.15) is 90.5 Å². The van der Waals surface area contributed by atoms with Crippen molar-refractivity contribution in [2.75, 3.05) is 11.1 Å². The molecule has 1 aliphatic heterocycles. The minimum atomic E-state index is -0.280. The van der Waals surface area contributed by atoms with Gasteiger partial charge in [0.25, 0.3) is 0 Å². The highest BCUT2D eigenvalue weighted by molar-refractivity contribution is 7.99. The second-order valence-electron chi connectivity index (χ2n) is 10.6. The predicted molar refractivity (Wildman–Crippen MR) is 130 cm³/mol. The van der Waals surface area contributed by atoms with Crippen molar-refractivity contribution in [3.05, 3.63) is 17.7 Å². The van der Waals surface area contributed by atoms with Crippen LogP contribution in [0.5, 0.6) is 5.75 Å². The largest absolute Gasteiger partial charge is 0.426 e. The van der Waals surface area contributed by atoms with E-state index in [1.54, 1.807) is 6.92 Å². The third-order valence-electron chi connectivity index (χ3n) is 7.59. The Morgan fingerprint density at radius 1 is 1.12 bits per heavy atom. The van der Waals surface area contributed by atoms with E-state index >= 15 is 0 Å². The maximum Gasteiger partial charge on any atom is 0.308 e. The monoisotopic (exact) mass is 458 g/mol. The maximum atomic E-state index is 12.0. The van der Waals surface area contributed by atoms with E-state index in [-0.39, 0.29) is 29.4 Å². The van der Waals surface area contributed by atoms with Crippen LogP contribution in [-0.2, 0) is 9.59 Å². The van der Waals surface area contributed by atoms with Gasteiger partial charge in [0.1, 0.15) is 5.75 Å². The summed E-state index contributed by atoms with van der Waals surface area (Å²) in [4.78, 5) is 24.9. The molecule has 2 saturated carbocycles. The minimum absolute atomic E-state index is 0.0246. The van der Waals surface area contributed by atoms with E-state index in [1.807, 2.05) is 11.8 Å². The first-order valence-electron chi connectivity index (χ1n) is 12.3. The second-order valence-corrected chi connectivity index (χ2v) is 11.7. The van der Waals surface area contributed by atoms with Crippen molar-refractivity contribution in [1.29, 1.82) is 0 Å². The van der Waals surface area contributed by atoms with Gasteiger partial charge in [-0.3, -0.25) is 9.59 Å². The van der Waals surface area contributed by atoms with Gasteiger partial charge in [0.2, 0.25) is 5.91 Å². The molecule has 2 aliphatic carbocycles. The summed E-state index contributed by atoms with van der Waals surface area (Å²) in [6, 6.07) is 4.50. The number of nitrogens with one attached hydrogen (secondary N) is 2. The zero-order valence-corrected chi connectivity index (χ0v) is 20.8. The Bertz CT molecular complexity index is 863. The van der Waals surface area contributed by atoms with Crippen LogP contribution in [0.2, 0.25) is 0 Å². The molecule has 1 amide bonds. The molecule has 3 atom stereocenters. The van der Waals surface area contributed by atoms with Crippen molar-refractivity contribution in [1.82, 2.24) is 5.32 Å². The summed E-state index contributed by atoms with van der Waals surface area (Å²) in [5.74, 6) is 3.02. The quantitative estimate of drug-likeness (QED) is 0.328. The molecule has 0 saturated heterocycles. The van der Waals surface area contributed by atoms with Crippen LogP contribution in [0.3, 0.4) is 0 Å². The summed E-state index contributed by atoms with van der Waals surface area (Å²) >= 11 is 1.89. The number of fused-ring (bicyclic) bond motifs is 3. The number of hydrogen-bond donors (Lipinski definition) is 2. The highest BCUT2D eigenvalue weighted by Crippen LogP contribution is 2.54. The van der Waals surface area contributed by atoms with Crippen molar-refractivity contribution in [2.45, 2.75) is 101 Å². The maximum absolute atomic E-state index is 12.0. The third-order valence-corrected chi connectivity index (χ3v) is 8.80. The number of thioether (sulfide) groups is 1. The van der Waals surface area contributed by atoms with E-state index in [0.717, 1.165) is 42.2 Å². The van der Waals surface area contributed by atoms with Crippen LogP contribution in [0.25, 0.3) is 0 Å². The number of esters is 1. The second kappa shape index (κ2) is 9.66. The van der Waals surface area contributed by atoms with Crippen molar-refractivity contribution in [3.63, 3.8) is 0 Å². The highest BCUT2D eigenvalue weighted by Gasteiger charge is 2.46. The molecule has 32 heavy (non-hydrogen) atoms. The molecule has 0 bridgehead atoms. The molecule has 6 heteroatoms. The van der Waals surface area contributed by atoms with E-state index in [1.165, 1.54) is 43.9 Å². The molecule has 1 aromatic carbocycles. The standard InChI is InChI=1S/C26H38N2O3S/c1-16(29)27-19-10-11-22-21(12-19)25-23(28-26(22,3)4)13-20(14-24(25)31-17(2)30)32-15-18-8-6-5-7-9-18/h13-14,18-19,21-22,28H,5-12,15H2,1-4H3,(H,27,29). The van der Waals surface area contributed by atoms with E-state index in [2.05, 4.69) is 36.6 Å². The summed E-state index contributed by atoms with van der Waals surface area (Å²) in [7, 11) is 0. The fraction of sp³-hybridized carbons (Fsp3) is 0.692. The number of anilines is 1. The van der Waals surface area contributed by atoms with Gasteiger partial charge in [0, 0.05) is 47.3 Å². The van der Waals surface area contributed by atoms with Crippen molar-refractivity contribution in [2.24, 2.45) is 11.8 Å². The summed E-state index contributed by atoms with van der Waals surface area (Å²) in [5.41, 5.74) is 2.14. The molecule has 1 aromatic rings. The van der Waals surface area contributed by atoms with E-state index in [9.17, 15) is 9.59 Å². The number of benzene rings is 1. The summed E-state index contributed by atoms with van der Waals surface area (Å²) in [6.07, 6.45) is 9.63. The molecular weight excluding hydrogens is 420 g/mol. The van der Waals surface area contributed by atoms with Crippen LogP contribution in [0.15, 0.2) is 17.0 Å². The molecule has 3 aliphatic rings. The summed E-state index contributed by atoms with van der Waals surface area (Å²) in [6.45, 7) is 7.62. The Kier molecular flexibility index (Phi) is 7.09. The Morgan fingerprint density at radius 3 is 2.56 bits per heavy atom. The number of ether oxygens (including phenoxy) is 1. The Labute approximate surface area is 196 Å². The number of hydrogen-bond acceptors (Lipinski definition) is 5. The minimum Gasteiger partial charge on any atom is -0.426 e. The predicted octanol–water partition coefficient (Wildman–Crippen LogP) is 5.88. The topological polar surface area (TPSA) is 67.4 Å². The summed E-state index contributed by atoms with van der Waals surface area (Å²) < 4.78 is 5.80. The normalized spacial score (nSPS) is 26.9. The molecular formula is C26H38N2O3S. The molecule has 0 spiro atoms. The van der Waals surface area contributed by atoms with Gasteiger partial charge in [-0.05, 0) is 75.8 Å². The van der Waals surface area contributed by atoms with Gasteiger partial charge >= 0.3 is 5.97 Å². The van der Waals surface area contributed by atoms with Crippen molar-refractivity contribution < 1.29 is 14.3 Å². The third kappa shape index (κ3) is 5.27. The van der Waals surface area contributed by atoms with Gasteiger partial charge in [-0.15, -0.1) is 11.8 Å². The fourth-order valence-electron chi connectivity index (χ4n) is 6.19. The molecule has 2 N–H and O–H groups in total. The van der Waals surface area contributed by atoms with Gasteiger partial charge < -0.3 is 15.4 Å². The highest BCUT2D eigenvalue weighted by atomic mass is 32.2. The van der Waals surface area contributed by atoms with E-state index in [0.29, 0.717) is 11.7 Å². The van der Waals surface area contributed by atoms with Crippen LogP contribution in [-0.4, -0.2) is 29.2 Å². The Morgan fingerprint density at radius 2 is 1.88 bits per heavy atom. The molecule has 4 rings (SSSR count). The SMILES string of the molecule is CC(=O)NC1CCC2C(C1)c1c(cc(SCC3CCCCC3)cc1OC(C)=O)NC2(C)C. The van der Waals surface area contributed by atoms with Gasteiger partial charge in [-0.25, -0.2) is 0 Å². The van der Waals surface area contributed by atoms with Crippen LogP contribution < -0.4 is 15.4 Å². The lowest BCUT2D eigenvalue weighted by Crippen LogP contribution is -2.51. The van der Waals surface area contributed by atoms with Gasteiger partial charge in [-0.2, -0.15) is 0 Å². The molecule has 5 nitrogen and oxygen atoms in total. The van der Waals surface area contributed by atoms with Crippen molar-refractivity contribution in [3.8, 4) is 5.75 Å². The molecule has 176 valence electrons. The average molecular weight is 459 g/mol. The first kappa shape index (κ1) is 23.5. The van der Waals surface area contributed by atoms with Gasteiger partial charge in [0.15, 0.2) is 0 Å². The smallest absolute Gasteiger partial charge is 0.308 e. The average Bonchev–Trinajstić information content (AvgIpc) is 2.71. The molecule has 2 fully saturated rings. The first-order chi connectivity index (χ1) is 15.2. The molecule has 3 unspecified atom stereocenters. The molecule has 0 radical (unpaired) electrons. The zero-order valence-electron chi connectivity index (χ0n) is 20.0. The van der Waals surface area contributed by atoms with Gasteiger partial charge in [-0.1, -0.05) is 19.3 Å². The Hall–Kier alpha value is -1.69. The first-order valence-corrected chi connectivity index (χ1v) is 13.3. The number of carbonyl (C=O) groups excluding carboxylic acids is 2. The Balaban J connectivity index is 1.65. The van der Waals surface area contributed by atoms with Crippen molar-refractivity contribution >= 4 is 29.3 Å². The number of rotatable bonds is 5. The van der Waals surface area contributed by atoms with E-state index in [4.69, 9.17) is 4.74 Å². The van der Waals surface area contributed by atoms with E-state index < -0.39 is 0 Å². The number of carbonyl (C=O) groups is 2. The van der Waals surface area contributed by atoms with Gasteiger partial charge in [0.05, 0.1) is 0 Å². The lowest BCUT2D eigenvalue weighted by Gasteiger charge is -2.50. The lowest BCUT2D eigenvalue weighted by molar-refractivity contribution is -0.132. The fourth-order valence-corrected chi connectivity index (χ4v) is 7.34. The molecule has 1 heterocycles. The van der Waals surface area contributed by atoms with Crippen LogP contribution >= 0.6 is 11.8 Å². The van der Waals surface area contributed by atoms with Crippen LogP contribution in [0, 0.1) is 11.8 Å². The number of amides is 1. The molecule has 0 aromatic heterocycles. The summed E-state index contributed by atoms with van der Waals surface area (Å²) in [5, 5.41) is 6.92. The lowest BCUT2D eigenvalue weighted by atomic mass is 9.63. The zero-order chi connectivity index (χ0) is 22.9.